The van der Waals surface area contributed by atoms with Crippen molar-refractivity contribution < 1.29 is 24.2 Å². The molecule has 0 spiro atoms. The number of hydrogen-bond acceptors (Lipinski definition) is 4. The van der Waals surface area contributed by atoms with Gasteiger partial charge in [0.1, 0.15) is 0 Å². The number of carbonyl (C=O) groups excluding carboxylic acids is 1. The molecule has 2 aliphatic rings. The van der Waals surface area contributed by atoms with Crippen LogP contribution in [0.15, 0.2) is 0 Å². The maximum atomic E-state index is 12.2. The van der Waals surface area contributed by atoms with Crippen LogP contribution in [0.5, 0.6) is 0 Å². The van der Waals surface area contributed by atoms with Crippen molar-refractivity contribution in [3.8, 4) is 0 Å². The second-order valence-corrected chi connectivity index (χ2v) is 5.37. The third-order valence-electron chi connectivity index (χ3n) is 3.86. The van der Waals surface area contributed by atoms with Gasteiger partial charge in [-0.05, 0) is 25.7 Å². The lowest BCUT2D eigenvalue weighted by molar-refractivity contribution is -0.141. The average molecular weight is 271 g/mol. The summed E-state index contributed by atoms with van der Waals surface area (Å²) in [6.07, 6.45) is 2.76. The Bertz CT molecular complexity index is 332. The summed E-state index contributed by atoms with van der Waals surface area (Å²) < 4.78 is 10.6. The first kappa shape index (κ1) is 14.3. The molecule has 1 unspecified atom stereocenters. The molecule has 1 atom stereocenters. The zero-order valence-corrected chi connectivity index (χ0v) is 11.0. The lowest BCUT2D eigenvalue weighted by atomic mass is 9.85. The summed E-state index contributed by atoms with van der Waals surface area (Å²) in [5.41, 5.74) is -0.654. The number of carbonyl (C=O) groups is 2. The minimum Gasteiger partial charge on any atom is -0.481 e. The fourth-order valence-corrected chi connectivity index (χ4v) is 2.71. The van der Waals surface area contributed by atoms with E-state index in [0.29, 0.717) is 39.3 Å². The second-order valence-electron chi connectivity index (χ2n) is 5.37. The molecule has 19 heavy (non-hydrogen) atoms. The van der Waals surface area contributed by atoms with Gasteiger partial charge in [-0.2, -0.15) is 0 Å². The fraction of sp³-hybridized carbons (Fsp3) is 0.846. The topological polar surface area (TPSA) is 84.9 Å². The predicted molar refractivity (Wildman–Crippen MR) is 66.7 cm³/mol. The molecule has 0 radical (unpaired) electrons. The van der Waals surface area contributed by atoms with E-state index in [-0.39, 0.29) is 18.2 Å². The minimum atomic E-state index is -0.887. The molecule has 2 heterocycles. The smallest absolute Gasteiger partial charge is 0.305 e. The lowest BCUT2D eigenvalue weighted by Gasteiger charge is -2.38. The Balaban J connectivity index is 1.98. The van der Waals surface area contributed by atoms with E-state index in [0.717, 1.165) is 12.8 Å². The zero-order valence-electron chi connectivity index (χ0n) is 11.0. The van der Waals surface area contributed by atoms with Gasteiger partial charge in [-0.15, -0.1) is 0 Å². The number of aliphatic carboxylic acids is 1. The van der Waals surface area contributed by atoms with E-state index in [9.17, 15) is 9.59 Å². The molecule has 2 fully saturated rings. The molecule has 1 amide bonds. The van der Waals surface area contributed by atoms with E-state index in [1.165, 1.54) is 0 Å². The quantitative estimate of drug-likeness (QED) is 0.780. The van der Waals surface area contributed by atoms with Crippen molar-refractivity contribution in [1.29, 1.82) is 0 Å². The molecule has 6 heteroatoms. The summed E-state index contributed by atoms with van der Waals surface area (Å²) in [5.74, 6) is -1.12. The van der Waals surface area contributed by atoms with Crippen molar-refractivity contribution in [1.82, 2.24) is 5.32 Å². The van der Waals surface area contributed by atoms with Crippen LogP contribution in [-0.2, 0) is 19.1 Å². The third kappa shape index (κ3) is 3.91. The Labute approximate surface area is 112 Å². The number of hydrogen-bond donors (Lipinski definition) is 2. The molecule has 108 valence electrons. The van der Waals surface area contributed by atoms with Gasteiger partial charge < -0.3 is 19.9 Å². The molecule has 0 saturated carbocycles. The van der Waals surface area contributed by atoms with E-state index in [1.807, 2.05) is 0 Å². The van der Waals surface area contributed by atoms with Gasteiger partial charge in [0.25, 0.3) is 0 Å². The van der Waals surface area contributed by atoms with Crippen LogP contribution in [-0.4, -0.2) is 48.9 Å². The van der Waals surface area contributed by atoms with Crippen LogP contribution in [0.3, 0.4) is 0 Å². The minimum absolute atomic E-state index is 0.0460. The van der Waals surface area contributed by atoms with Gasteiger partial charge >= 0.3 is 5.97 Å². The number of ether oxygens (including phenoxy) is 2. The molecule has 2 N–H and O–H groups in total. The van der Waals surface area contributed by atoms with Crippen molar-refractivity contribution >= 4 is 11.9 Å². The highest BCUT2D eigenvalue weighted by atomic mass is 16.5. The lowest BCUT2D eigenvalue weighted by Crippen LogP contribution is -2.55. The van der Waals surface area contributed by atoms with E-state index in [4.69, 9.17) is 14.6 Å². The molecule has 0 aromatic carbocycles. The first-order valence-corrected chi connectivity index (χ1v) is 6.81. The van der Waals surface area contributed by atoms with Gasteiger partial charge in [-0.25, -0.2) is 0 Å². The normalized spacial score (nSPS) is 26.6. The Morgan fingerprint density at radius 3 is 2.53 bits per heavy atom. The Kier molecular flexibility index (Phi) is 4.76. The average Bonchev–Trinajstić information content (AvgIpc) is 2.39. The van der Waals surface area contributed by atoms with E-state index >= 15 is 0 Å². The van der Waals surface area contributed by atoms with Gasteiger partial charge in [0, 0.05) is 19.8 Å². The zero-order chi connectivity index (χ0) is 13.7. The van der Waals surface area contributed by atoms with Gasteiger partial charge in [0.2, 0.25) is 5.91 Å². The van der Waals surface area contributed by atoms with Crippen LogP contribution in [0.1, 0.15) is 32.1 Å². The van der Waals surface area contributed by atoms with Crippen molar-refractivity contribution in [2.75, 3.05) is 26.4 Å². The molecule has 2 saturated heterocycles. The first-order chi connectivity index (χ1) is 9.11. The summed E-state index contributed by atoms with van der Waals surface area (Å²) >= 11 is 0. The van der Waals surface area contributed by atoms with Crippen LogP contribution in [0.4, 0.5) is 0 Å². The molecule has 2 aliphatic heterocycles. The molecular weight excluding hydrogens is 250 g/mol. The van der Waals surface area contributed by atoms with Gasteiger partial charge in [-0.3, -0.25) is 9.59 Å². The molecular formula is C13H21NO5. The highest BCUT2D eigenvalue weighted by Gasteiger charge is 2.38. The summed E-state index contributed by atoms with van der Waals surface area (Å²) in [6.45, 7) is 2.13. The van der Waals surface area contributed by atoms with Crippen molar-refractivity contribution in [2.24, 2.45) is 5.92 Å². The van der Waals surface area contributed by atoms with Gasteiger partial charge in [0.15, 0.2) is 0 Å². The van der Waals surface area contributed by atoms with E-state index in [1.54, 1.807) is 0 Å². The molecule has 0 aromatic heterocycles. The van der Waals surface area contributed by atoms with E-state index in [2.05, 4.69) is 5.32 Å². The monoisotopic (exact) mass is 271 g/mol. The number of carboxylic acid groups (broad SMARTS) is 1. The Morgan fingerprint density at radius 1 is 1.21 bits per heavy atom. The molecule has 2 rings (SSSR count). The van der Waals surface area contributed by atoms with Crippen LogP contribution < -0.4 is 5.32 Å². The molecule has 0 aromatic rings. The standard InChI is InChI=1S/C13H21NO5/c15-11(16)8-13(3-6-18-7-4-13)14-12(17)10-2-1-5-19-9-10/h10H,1-9H2,(H,14,17)(H,15,16). The fourth-order valence-electron chi connectivity index (χ4n) is 2.71. The SMILES string of the molecule is O=C(O)CC1(NC(=O)C2CCCOC2)CCOCC1. The first-order valence-electron chi connectivity index (χ1n) is 6.81. The summed E-state index contributed by atoms with van der Waals surface area (Å²) in [6, 6.07) is 0. The number of carboxylic acids is 1. The van der Waals surface area contributed by atoms with Crippen LogP contribution in [0, 0.1) is 5.92 Å². The number of amides is 1. The summed E-state index contributed by atoms with van der Waals surface area (Å²) in [4.78, 5) is 23.2. The molecule has 0 aliphatic carbocycles. The van der Waals surface area contributed by atoms with Gasteiger partial charge in [-0.1, -0.05) is 0 Å². The van der Waals surface area contributed by atoms with Crippen molar-refractivity contribution in [3.05, 3.63) is 0 Å². The van der Waals surface area contributed by atoms with Crippen LogP contribution in [0.2, 0.25) is 0 Å². The summed E-state index contributed by atoms with van der Waals surface area (Å²) in [7, 11) is 0. The maximum Gasteiger partial charge on any atom is 0.305 e. The molecule has 0 bridgehead atoms. The van der Waals surface area contributed by atoms with E-state index < -0.39 is 11.5 Å². The Morgan fingerprint density at radius 2 is 1.95 bits per heavy atom. The van der Waals surface area contributed by atoms with Crippen LogP contribution >= 0.6 is 0 Å². The number of rotatable bonds is 4. The second kappa shape index (κ2) is 6.34. The van der Waals surface area contributed by atoms with Gasteiger partial charge in [0.05, 0.1) is 24.5 Å². The predicted octanol–water partition coefficient (Wildman–Crippen LogP) is 0.553. The number of nitrogens with one attached hydrogen (secondary N) is 1. The molecule has 6 nitrogen and oxygen atoms in total. The van der Waals surface area contributed by atoms with Crippen LogP contribution in [0.25, 0.3) is 0 Å². The highest BCUT2D eigenvalue weighted by molar-refractivity contribution is 5.80. The Hall–Kier alpha value is -1.14. The maximum absolute atomic E-state index is 12.2. The largest absolute Gasteiger partial charge is 0.481 e. The third-order valence-corrected chi connectivity index (χ3v) is 3.86. The van der Waals surface area contributed by atoms with Crippen molar-refractivity contribution in [3.63, 3.8) is 0 Å². The highest BCUT2D eigenvalue weighted by Crippen LogP contribution is 2.26. The summed E-state index contributed by atoms with van der Waals surface area (Å²) in [5, 5.41) is 12.0. The van der Waals surface area contributed by atoms with Crippen molar-refractivity contribution in [2.45, 2.75) is 37.6 Å².